The fourth-order valence-electron chi connectivity index (χ4n) is 4.66. The number of rotatable bonds is 7. The van der Waals surface area contributed by atoms with Gasteiger partial charge in [-0.1, -0.05) is 12.5 Å². The van der Waals surface area contributed by atoms with Crippen molar-refractivity contribution in [1.82, 2.24) is 24.2 Å². The first-order chi connectivity index (χ1) is 18.7. The van der Waals surface area contributed by atoms with Gasteiger partial charge in [0, 0.05) is 32.1 Å². The molecule has 5 rings (SSSR count). The predicted octanol–water partition coefficient (Wildman–Crippen LogP) is 3.29. The summed E-state index contributed by atoms with van der Waals surface area (Å²) in [4.78, 5) is 30.3. The lowest BCUT2D eigenvalue weighted by atomic mass is 10.1. The van der Waals surface area contributed by atoms with Crippen molar-refractivity contribution in [1.29, 1.82) is 0 Å². The monoisotopic (exact) mass is 539 g/mol. The van der Waals surface area contributed by atoms with Crippen molar-refractivity contribution in [3.63, 3.8) is 0 Å². The minimum atomic E-state index is -3.07. The van der Waals surface area contributed by atoms with Gasteiger partial charge in [0.2, 0.25) is 5.91 Å². The Kier molecular flexibility index (Phi) is 6.78. The third-order valence-corrected chi connectivity index (χ3v) is 6.59. The molecule has 2 amide bonds. The third kappa shape index (κ3) is 4.93. The van der Waals surface area contributed by atoms with Crippen LogP contribution in [0.2, 0.25) is 0 Å². The molecular formula is C26H24F3N7O3. The maximum Gasteiger partial charge on any atom is 0.387 e. The van der Waals surface area contributed by atoms with Crippen LogP contribution in [0.25, 0.3) is 11.0 Å². The Hall–Kier alpha value is -4.73. The van der Waals surface area contributed by atoms with E-state index in [9.17, 15) is 22.8 Å². The highest BCUT2D eigenvalue weighted by Crippen LogP contribution is 2.37. The van der Waals surface area contributed by atoms with Crippen molar-refractivity contribution in [3.8, 4) is 11.8 Å². The Morgan fingerprint density at radius 3 is 2.69 bits per heavy atom. The Bertz CT molecular complexity index is 1580. The number of fused-ring (bicyclic) bond motifs is 1. The van der Waals surface area contributed by atoms with E-state index >= 15 is 0 Å². The van der Waals surface area contributed by atoms with Gasteiger partial charge in [-0.3, -0.25) is 9.59 Å². The highest BCUT2D eigenvalue weighted by Gasteiger charge is 2.35. The number of likely N-dealkylation sites (tertiary alicyclic amines) is 1. The van der Waals surface area contributed by atoms with Gasteiger partial charge in [-0.15, -0.1) is 0 Å². The number of ether oxygens (including phenoxy) is 1. The van der Waals surface area contributed by atoms with Crippen molar-refractivity contribution in [2.45, 2.75) is 38.0 Å². The number of imidazole rings is 1. The molecule has 3 aromatic rings. The summed E-state index contributed by atoms with van der Waals surface area (Å²) in [5.41, 5.74) is 7.10. The quantitative estimate of drug-likeness (QED) is 0.270. The van der Waals surface area contributed by atoms with Gasteiger partial charge in [0.15, 0.2) is 5.69 Å². The van der Waals surface area contributed by atoms with Crippen LogP contribution in [0, 0.1) is 17.7 Å². The van der Waals surface area contributed by atoms with Crippen molar-refractivity contribution in [2.75, 3.05) is 18.9 Å². The molecule has 10 nitrogen and oxygen atoms in total. The molecule has 13 heteroatoms. The number of hydrogen-bond donors (Lipinski definition) is 2. The van der Waals surface area contributed by atoms with E-state index in [2.05, 4.69) is 38.6 Å². The first-order valence-corrected chi connectivity index (χ1v) is 12.1. The zero-order chi connectivity index (χ0) is 27.8. The van der Waals surface area contributed by atoms with Crippen molar-refractivity contribution in [3.05, 3.63) is 65.7 Å². The average molecular weight is 540 g/mol. The number of nitrogens with two attached hydrogens (primary N) is 1. The van der Waals surface area contributed by atoms with E-state index in [0.717, 1.165) is 25.2 Å². The number of carbonyl (C=O) groups is 2. The second kappa shape index (κ2) is 10.2. The van der Waals surface area contributed by atoms with E-state index < -0.39 is 30.3 Å². The lowest BCUT2D eigenvalue weighted by Crippen LogP contribution is -2.27. The Labute approximate surface area is 220 Å². The van der Waals surface area contributed by atoms with E-state index in [1.807, 2.05) is 4.57 Å². The van der Waals surface area contributed by atoms with E-state index in [1.54, 1.807) is 13.4 Å². The summed E-state index contributed by atoms with van der Waals surface area (Å²) >= 11 is 0. The van der Waals surface area contributed by atoms with Crippen molar-refractivity contribution in [2.24, 2.45) is 5.73 Å². The van der Waals surface area contributed by atoms with Gasteiger partial charge in [0.25, 0.3) is 5.91 Å². The van der Waals surface area contributed by atoms with E-state index in [1.165, 1.54) is 21.7 Å². The Morgan fingerprint density at radius 1 is 1.28 bits per heavy atom. The lowest BCUT2D eigenvalue weighted by molar-refractivity contribution is -0.124. The van der Waals surface area contributed by atoms with Gasteiger partial charge < -0.3 is 25.3 Å². The summed E-state index contributed by atoms with van der Waals surface area (Å²) in [6.07, 6.45) is 5.67. The summed E-state index contributed by atoms with van der Waals surface area (Å²) in [5.74, 6) is 3.77. The van der Waals surface area contributed by atoms with Gasteiger partial charge in [-0.05, 0) is 30.9 Å². The fourth-order valence-corrected chi connectivity index (χ4v) is 4.66. The minimum absolute atomic E-state index is 0.0160. The Balaban J connectivity index is 1.52. The number of anilines is 1. The third-order valence-electron chi connectivity index (χ3n) is 6.59. The van der Waals surface area contributed by atoms with E-state index in [0.29, 0.717) is 17.1 Å². The van der Waals surface area contributed by atoms with Crippen molar-refractivity contribution < 1.29 is 27.5 Å². The molecule has 2 aliphatic rings. The zero-order valence-corrected chi connectivity index (χ0v) is 20.8. The molecule has 0 bridgehead atoms. The molecule has 0 radical (unpaired) electrons. The number of alkyl halides is 2. The van der Waals surface area contributed by atoms with Gasteiger partial charge in [0.1, 0.15) is 23.5 Å². The molecule has 1 atom stereocenters. The Morgan fingerprint density at radius 2 is 2.05 bits per heavy atom. The number of allylic oxidation sites excluding steroid dienone is 1. The molecule has 0 spiro atoms. The van der Waals surface area contributed by atoms with Gasteiger partial charge in [-0.25, -0.2) is 14.1 Å². The molecule has 3 N–H and O–H groups in total. The summed E-state index contributed by atoms with van der Waals surface area (Å²) in [5, 5.41) is 7.30. The van der Waals surface area contributed by atoms with Crippen LogP contribution >= 0.6 is 0 Å². The molecule has 1 aromatic carbocycles. The van der Waals surface area contributed by atoms with E-state index in [-0.39, 0.29) is 41.3 Å². The second-order valence-electron chi connectivity index (χ2n) is 9.10. The fraction of sp³-hybridized carbons (Fsp3) is 0.308. The normalized spacial score (nSPS) is 17.9. The smallest absolute Gasteiger partial charge is 0.387 e. The lowest BCUT2D eigenvalue weighted by Gasteiger charge is -2.17. The van der Waals surface area contributed by atoms with Gasteiger partial charge in [-0.2, -0.15) is 13.9 Å². The topological polar surface area (TPSA) is 120 Å². The summed E-state index contributed by atoms with van der Waals surface area (Å²) in [6, 6.07) is 2.67. The highest BCUT2D eigenvalue weighted by atomic mass is 19.3. The minimum Gasteiger partial charge on any atom is -0.441 e. The van der Waals surface area contributed by atoms with Crippen molar-refractivity contribution >= 4 is 28.7 Å². The number of nitrogens with zero attached hydrogens (tertiary/aromatic N) is 5. The molecule has 2 fully saturated rings. The summed E-state index contributed by atoms with van der Waals surface area (Å²) in [7, 11) is 1.54. The highest BCUT2D eigenvalue weighted by molar-refractivity contribution is 6.00. The van der Waals surface area contributed by atoms with Crippen LogP contribution in [-0.2, 0) is 9.53 Å². The number of nitrogens with one attached hydrogen (secondary N) is 1. The molecule has 0 unspecified atom stereocenters. The predicted molar refractivity (Wildman–Crippen MR) is 135 cm³/mol. The summed E-state index contributed by atoms with van der Waals surface area (Å²) < 4.78 is 47.9. The van der Waals surface area contributed by atoms with Crippen LogP contribution in [0.3, 0.4) is 0 Å². The molecule has 1 saturated carbocycles. The van der Waals surface area contributed by atoms with Crippen LogP contribution in [0.5, 0.6) is 0 Å². The van der Waals surface area contributed by atoms with Crippen LogP contribution in [0.1, 0.15) is 53.0 Å². The first kappa shape index (κ1) is 25.9. The number of hydrogen-bond acceptors (Lipinski definition) is 6. The molecule has 2 aromatic heterocycles. The number of halogens is 3. The molecule has 202 valence electrons. The van der Waals surface area contributed by atoms with Crippen LogP contribution in [0.15, 0.2) is 43.1 Å². The number of primary amides is 1. The number of benzene rings is 1. The SMILES string of the molecule is C=CC(=O)N1C[C@@H](n2nc(C#Cc3cc4ncn(C5CC5)c4cc3F)c(C(N)=O)c2NC)C/C1=C\OC(F)F. The van der Waals surface area contributed by atoms with Crippen LogP contribution < -0.4 is 11.1 Å². The molecule has 1 aliphatic heterocycles. The molecular weight excluding hydrogens is 515 g/mol. The molecule has 3 heterocycles. The largest absolute Gasteiger partial charge is 0.441 e. The average Bonchev–Trinajstić information content (AvgIpc) is 3.36. The van der Waals surface area contributed by atoms with Gasteiger partial charge in [0.05, 0.1) is 34.7 Å². The second-order valence-corrected chi connectivity index (χ2v) is 9.10. The number of aromatic nitrogens is 4. The maximum absolute atomic E-state index is 15.0. The number of carbonyl (C=O) groups excluding carboxylic acids is 2. The number of amides is 2. The van der Waals surface area contributed by atoms with Crippen LogP contribution in [-0.4, -0.2) is 56.2 Å². The van der Waals surface area contributed by atoms with E-state index in [4.69, 9.17) is 5.73 Å². The standard InChI is InChI=1S/C26H24F3N7O3/c1-3-22(37)34-11-16(9-17(34)12-39-26(28)29)36-25(31-2)23(24(30)38)19(33-36)7-4-14-8-20-21(10-18(14)27)35(13-32-20)15-5-6-15/h3,8,10,12-13,15-16,26,31H,1,5-6,9,11H2,2H3,(H2,30,38)/b17-12+/t16-/m0/s1. The van der Waals surface area contributed by atoms with Gasteiger partial charge >= 0.3 is 6.61 Å². The van der Waals surface area contributed by atoms with Crippen LogP contribution in [0.4, 0.5) is 19.0 Å². The molecule has 1 aliphatic carbocycles. The maximum atomic E-state index is 15.0. The summed E-state index contributed by atoms with van der Waals surface area (Å²) in [6.45, 7) is 0.400. The molecule has 39 heavy (non-hydrogen) atoms. The molecule has 1 saturated heterocycles. The zero-order valence-electron chi connectivity index (χ0n) is 20.8. The first-order valence-electron chi connectivity index (χ1n) is 12.1.